The summed E-state index contributed by atoms with van der Waals surface area (Å²) in [5.74, 6) is 1.43. The van der Waals surface area contributed by atoms with Gasteiger partial charge < -0.3 is 20.3 Å². The maximum absolute atomic E-state index is 6.03. The molecule has 0 spiro atoms. The minimum atomic E-state index is 0. The highest BCUT2D eigenvalue weighted by molar-refractivity contribution is 14.0. The lowest BCUT2D eigenvalue weighted by Crippen LogP contribution is -2.51. The second-order valence-corrected chi connectivity index (χ2v) is 8.95. The molecule has 6 heteroatoms. The number of guanidine groups is 1. The van der Waals surface area contributed by atoms with E-state index >= 15 is 0 Å². The molecule has 2 atom stereocenters. The number of nitrogens with one attached hydrogen (secondary N) is 2. The molecule has 168 valence electrons. The summed E-state index contributed by atoms with van der Waals surface area (Å²) in [5, 5.41) is 7.26. The molecular weight excluding hydrogens is 487 g/mol. The number of nitrogens with zero attached hydrogens (tertiary/aromatic N) is 2. The molecule has 2 N–H and O–H groups in total. The van der Waals surface area contributed by atoms with E-state index in [0.717, 1.165) is 31.6 Å². The zero-order valence-corrected chi connectivity index (χ0v) is 20.7. The number of benzene rings is 1. The third kappa shape index (κ3) is 6.33. The predicted molar refractivity (Wildman–Crippen MR) is 135 cm³/mol. The molecule has 0 bridgehead atoms. The van der Waals surface area contributed by atoms with Crippen LogP contribution >= 0.6 is 24.0 Å². The van der Waals surface area contributed by atoms with Gasteiger partial charge in [0.05, 0.1) is 6.10 Å². The highest BCUT2D eigenvalue weighted by atomic mass is 127. The summed E-state index contributed by atoms with van der Waals surface area (Å²) >= 11 is 0. The molecule has 5 nitrogen and oxygen atoms in total. The molecule has 3 aliphatic rings. The van der Waals surface area contributed by atoms with Crippen LogP contribution in [0.2, 0.25) is 0 Å². The molecule has 2 unspecified atom stereocenters. The van der Waals surface area contributed by atoms with Gasteiger partial charge in [-0.05, 0) is 37.7 Å². The van der Waals surface area contributed by atoms with E-state index in [0.29, 0.717) is 12.0 Å². The number of halogens is 1. The Labute approximate surface area is 199 Å². The molecule has 2 heterocycles. The van der Waals surface area contributed by atoms with E-state index in [-0.39, 0.29) is 30.1 Å². The summed E-state index contributed by atoms with van der Waals surface area (Å²) in [6, 6.07) is 12.0. The summed E-state index contributed by atoms with van der Waals surface area (Å²) in [5.41, 5.74) is 1.29. The molecule has 1 saturated carbocycles. The molecule has 4 rings (SSSR count). The van der Waals surface area contributed by atoms with E-state index in [1.807, 2.05) is 7.05 Å². The number of rotatable bonds is 5. The van der Waals surface area contributed by atoms with E-state index in [2.05, 4.69) is 50.9 Å². The Morgan fingerprint density at radius 2 is 1.77 bits per heavy atom. The molecule has 3 fully saturated rings. The van der Waals surface area contributed by atoms with Crippen molar-refractivity contribution in [3.05, 3.63) is 35.9 Å². The number of likely N-dealkylation sites (tertiary alicyclic amines) is 1. The van der Waals surface area contributed by atoms with Gasteiger partial charge in [-0.2, -0.15) is 0 Å². The van der Waals surface area contributed by atoms with Crippen LogP contribution in [0.3, 0.4) is 0 Å². The van der Waals surface area contributed by atoms with Crippen LogP contribution in [0.25, 0.3) is 0 Å². The van der Waals surface area contributed by atoms with Crippen LogP contribution in [0, 0.1) is 5.92 Å². The van der Waals surface area contributed by atoms with Gasteiger partial charge in [-0.1, -0.05) is 49.6 Å². The Balaban J connectivity index is 0.00000256. The van der Waals surface area contributed by atoms with Gasteiger partial charge in [-0.15, -0.1) is 24.0 Å². The molecule has 30 heavy (non-hydrogen) atoms. The van der Waals surface area contributed by atoms with Crippen LogP contribution in [0.4, 0.5) is 0 Å². The molecular formula is C24H39IN4O. The second kappa shape index (κ2) is 12.2. The Bertz CT molecular complexity index is 642. The van der Waals surface area contributed by atoms with Gasteiger partial charge in [0.25, 0.3) is 0 Å². The third-order valence-corrected chi connectivity index (χ3v) is 7.06. The molecule has 1 aromatic carbocycles. The van der Waals surface area contributed by atoms with Crippen LogP contribution in [0.1, 0.15) is 63.0 Å². The van der Waals surface area contributed by atoms with Gasteiger partial charge in [0.15, 0.2) is 5.96 Å². The third-order valence-electron chi connectivity index (χ3n) is 7.06. The van der Waals surface area contributed by atoms with Crippen LogP contribution in [-0.4, -0.2) is 56.2 Å². The van der Waals surface area contributed by atoms with E-state index in [1.165, 1.54) is 63.6 Å². The Kier molecular flexibility index (Phi) is 9.71. The van der Waals surface area contributed by atoms with Gasteiger partial charge >= 0.3 is 0 Å². The predicted octanol–water partition coefficient (Wildman–Crippen LogP) is 4.34. The Hall–Kier alpha value is -0.860. The normalized spacial score (nSPS) is 26.9. The molecule has 0 radical (unpaired) electrons. The van der Waals surface area contributed by atoms with Crippen molar-refractivity contribution in [2.75, 3.05) is 33.3 Å². The maximum Gasteiger partial charge on any atom is 0.191 e. The highest BCUT2D eigenvalue weighted by Crippen LogP contribution is 2.33. The van der Waals surface area contributed by atoms with Crippen molar-refractivity contribution in [2.45, 2.75) is 69.6 Å². The van der Waals surface area contributed by atoms with Crippen LogP contribution in [0.15, 0.2) is 35.3 Å². The molecule has 1 aliphatic carbocycles. The number of piperidine rings is 1. The lowest BCUT2D eigenvalue weighted by atomic mass is 9.92. The smallest absolute Gasteiger partial charge is 0.191 e. The minimum absolute atomic E-state index is 0. The van der Waals surface area contributed by atoms with Crippen molar-refractivity contribution >= 4 is 29.9 Å². The molecule has 0 aromatic heterocycles. The first-order chi connectivity index (χ1) is 14.3. The van der Waals surface area contributed by atoms with Crippen LogP contribution in [0.5, 0.6) is 0 Å². The minimum Gasteiger partial charge on any atom is -0.373 e. The van der Waals surface area contributed by atoms with Gasteiger partial charge in [0, 0.05) is 51.3 Å². The monoisotopic (exact) mass is 526 g/mol. The Morgan fingerprint density at radius 1 is 1.03 bits per heavy atom. The van der Waals surface area contributed by atoms with E-state index < -0.39 is 0 Å². The van der Waals surface area contributed by atoms with E-state index in [1.54, 1.807) is 0 Å². The summed E-state index contributed by atoms with van der Waals surface area (Å²) in [4.78, 5) is 7.23. The number of hydrogen-bond acceptors (Lipinski definition) is 3. The second-order valence-electron chi connectivity index (χ2n) is 8.95. The standard InChI is InChI=1S/C24H38N4O.HI/c1-25-24(26-18-20-14-17-29-23(20)19-8-4-2-5-9-19)27-21-12-15-28(16-13-21)22-10-6-3-7-11-22;/h2,4-5,8-9,20-23H,3,6-7,10-18H2,1H3,(H2,25,26,27);1H. The fourth-order valence-corrected chi connectivity index (χ4v) is 5.32. The van der Waals surface area contributed by atoms with Gasteiger partial charge in [0.2, 0.25) is 0 Å². The van der Waals surface area contributed by atoms with E-state index in [9.17, 15) is 0 Å². The van der Waals surface area contributed by atoms with Gasteiger partial charge in [-0.25, -0.2) is 0 Å². The van der Waals surface area contributed by atoms with E-state index in [4.69, 9.17) is 4.74 Å². The molecule has 2 saturated heterocycles. The lowest BCUT2D eigenvalue weighted by Gasteiger charge is -2.39. The largest absolute Gasteiger partial charge is 0.373 e. The number of hydrogen-bond donors (Lipinski definition) is 2. The number of ether oxygens (including phenoxy) is 1. The number of aliphatic imine (C=N–C) groups is 1. The van der Waals surface area contributed by atoms with Crippen molar-refractivity contribution < 1.29 is 4.74 Å². The van der Waals surface area contributed by atoms with Crippen molar-refractivity contribution in [1.29, 1.82) is 0 Å². The molecule has 0 amide bonds. The van der Waals surface area contributed by atoms with Crippen LogP contribution < -0.4 is 10.6 Å². The van der Waals surface area contributed by atoms with Crippen LogP contribution in [-0.2, 0) is 4.74 Å². The fourth-order valence-electron chi connectivity index (χ4n) is 5.32. The maximum atomic E-state index is 6.03. The van der Waals surface area contributed by atoms with Crippen molar-refractivity contribution in [3.8, 4) is 0 Å². The topological polar surface area (TPSA) is 48.9 Å². The summed E-state index contributed by atoms with van der Waals surface area (Å²) in [6.07, 6.45) is 10.8. The van der Waals surface area contributed by atoms with Crippen molar-refractivity contribution in [2.24, 2.45) is 10.9 Å². The SMILES string of the molecule is CN=C(NCC1CCOC1c1ccccc1)NC1CCN(C2CCCCC2)CC1.I. The first-order valence-electron chi connectivity index (χ1n) is 11.7. The van der Waals surface area contributed by atoms with Crippen molar-refractivity contribution in [3.63, 3.8) is 0 Å². The first kappa shape index (κ1) is 23.8. The average Bonchev–Trinajstić information content (AvgIpc) is 3.27. The summed E-state index contributed by atoms with van der Waals surface area (Å²) < 4.78 is 6.03. The van der Waals surface area contributed by atoms with Gasteiger partial charge in [0.1, 0.15) is 0 Å². The fraction of sp³-hybridized carbons (Fsp3) is 0.708. The summed E-state index contributed by atoms with van der Waals surface area (Å²) in [7, 11) is 1.88. The average molecular weight is 527 g/mol. The van der Waals surface area contributed by atoms with Crippen molar-refractivity contribution in [1.82, 2.24) is 15.5 Å². The molecule has 2 aliphatic heterocycles. The molecule has 1 aromatic rings. The van der Waals surface area contributed by atoms with Gasteiger partial charge in [-0.3, -0.25) is 4.99 Å². The zero-order chi connectivity index (χ0) is 19.9. The lowest BCUT2D eigenvalue weighted by molar-refractivity contribution is 0.0914. The quantitative estimate of drug-likeness (QED) is 0.341. The highest BCUT2D eigenvalue weighted by Gasteiger charge is 2.30. The summed E-state index contributed by atoms with van der Waals surface area (Å²) in [6.45, 7) is 4.20. The Morgan fingerprint density at radius 3 is 2.47 bits per heavy atom. The zero-order valence-electron chi connectivity index (χ0n) is 18.4. The first-order valence-corrected chi connectivity index (χ1v) is 11.7.